The molecule has 0 aromatic heterocycles. The van der Waals surface area contributed by atoms with E-state index in [0.717, 1.165) is 23.7 Å². The summed E-state index contributed by atoms with van der Waals surface area (Å²) in [6.07, 6.45) is 12.2. The van der Waals surface area contributed by atoms with Crippen molar-refractivity contribution < 1.29 is 0 Å². The predicted molar refractivity (Wildman–Crippen MR) is 227 cm³/mol. The van der Waals surface area contributed by atoms with Gasteiger partial charge in [0.25, 0.3) is 0 Å². The fourth-order valence-electron chi connectivity index (χ4n) is 14.8. The molecule has 1 nitrogen and oxygen atoms in total. The van der Waals surface area contributed by atoms with Crippen molar-refractivity contribution in [3.8, 4) is 33.4 Å². The van der Waals surface area contributed by atoms with Gasteiger partial charge in [-0.05, 0) is 166 Å². The number of rotatable bonds is 3. The molecule has 0 aliphatic heterocycles. The summed E-state index contributed by atoms with van der Waals surface area (Å²) in [5, 5.41) is 0. The Hall–Kier alpha value is -4.88. The first-order valence-electron chi connectivity index (χ1n) is 21.5. The molecule has 270 valence electrons. The fourth-order valence-corrected chi connectivity index (χ4v) is 14.8. The monoisotopic (exact) mass is 711 g/mol. The van der Waals surface area contributed by atoms with Crippen LogP contribution in [0.3, 0.4) is 0 Å². The quantitative estimate of drug-likeness (QED) is 0.177. The van der Waals surface area contributed by atoms with E-state index < -0.39 is 0 Å². The lowest BCUT2D eigenvalue weighted by Gasteiger charge is -2.61. The van der Waals surface area contributed by atoms with E-state index in [1.165, 1.54) is 119 Å². The van der Waals surface area contributed by atoms with Crippen molar-refractivity contribution in [3.63, 3.8) is 0 Å². The van der Waals surface area contributed by atoms with Gasteiger partial charge in [-0.2, -0.15) is 0 Å². The minimum absolute atomic E-state index is 0.126. The predicted octanol–water partition coefficient (Wildman–Crippen LogP) is 14.0. The van der Waals surface area contributed by atoms with Crippen molar-refractivity contribution in [1.29, 1.82) is 0 Å². The Morgan fingerprint density at radius 3 is 1.73 bits per heavy atom. The van der Waals surface area contributed by atoms with Gasteiger partial charge >= 0.3 is 0 Å². The van der Waals surface area contributed by atoms with Gasteiger partial charge in [-0.3, -0.25) is 0 Å². The average molecular weight is 712 g/mol. The zero-order chi connectivity index (χ0) is 36.3. The smallest absolute Gasteiger partial charge is 0.0508 e. The lowest BCUT2D eigenvalue weighted by Crippen LogP contribution is -2.55. The molecule has 0 saturated heterocycles. The summed E-state index contributed by atoms with van der Waals surface area (Å²) in [5.74, 6) is 3.33. The van der Waals surface area contributed by atoms with Gasteiger partial charge in [0.1, 0.15) is 0 Å². The van der Waals surface area contributed by atoms with Crippen LogP contribution in [0, 0.1) is 23.7 Å². The first kappa shape index (κ1) is 31.3. The van der Waals surface area contributed by atoms with Crippen LogP contribution in [0.1, 0.15) is 105 Å². The number of nitrogens with zero attached hydrogens (tertiary/aromatic N) is 1. The maximum atomic E-state index is 2.70. The minimum atomic E-state index is -0.131. The highest BCUT2D eigenvalue weighted by molar-refractivity contribution is 5.94. The topological polar surface area (TPSA) is 3.24 Å². The summed E-state index contributed by atoms with van der Waals surface area (Å²) < 4.78 is 0. The molecule has 4 bridgehead atoms. The second-order valence-electron chi connectivity index (χ2n) is 19.2. The van der Waals surface area contributed by atoms with Gasteiger partial charge in [0.05, 0.1) is 5.69 Å². The van der Waals surface area contributed by atoms with Crippen molar-refractivity contribution >= 4 is 17.1 Å². The first-order chi connectivity index (χ1) is 27.0. The fraction of sp³-hybridized carbons (Fsp3) is 0.333. The van der Waals surface area contributed by atoms with Crippen LogP contribution in [0.2, 0.25) is 0 Å². The highest BCUT2D eigenvalue weighted by atomic mass is 15.1. The third-order valence-corrected chi connectivity index (χ3v) is 16.6. The van der Waals surface area contributed by atoms with Gasteiger partial charge in [-0.1, -0.05) is 124 Å². The molecule has 55 heavy (non-hydrogen) atoms. The van der Waals surface area contributed by atoms with Crippen LogP contribution in [0.25, 0.3) is 33.4 Å². The molecule has 14 rings (SSSR count). The lowest BCUT2D eigenvalue weighted by molar-refractivity contribution is -0.0399. The Morgan fingerprint density at radius 1 is 0.455 bits per heavy atom. The molecule has 0 amide bonds. The van der Waals surface area contributed by atoms with Crippen LogP contribution in [0.15, 0.2) is 127 Å². The van der Waals surface area contributed by atoms with Gasteiger partial charge in [0.2, 0.25) is 0 Å². The summed E-state index contributed by atoms with van der Waals surface area (Å²) in [7, 11) is 0. The molecule has 5 fully saturated rings. The van der Waals surface area contributed by atoms with Crippen LogP contribution in [-0.4, -0.2) is 0 Å². The second-order valence-corrected chi connectivity index (χ2v) is 19.2. The second kappa shape index (κ2) is 10.7. The van der Waals surface area contributed by atoms with E-state index in [2.05, 4.69) is 146 Å². The minimum Gasteiger partial charge on any atom is -0.310 e. The van der Waals surface area contributed by atoms with E-state index in [4.69, 9.17) is 0 Å². The average Bonchev–Trinajstić information content (AvgIpc) is 3.94. The molecule has 0 radical (unpaired) electrons. The highest BCUT2D eigenvalue weighted by Crippen LogP contribution is 2.70. The lowest BCUT2D eigenvalue weighted by atomic mass is 9.43. The first-order valence-corrected chi connectivity index (χ1v) is 21.5. The van der Waals surface area contributed by atoms with Crippen LogP contribution in [0.4, 0.5) is 17.1 Å². The van der Waals surface area contributed by atoms with Crippen molar-refractivity contribution in [3.05, 3.63) is 161 Å². The number of fused-ring (bicyclic) bond motifs is 11. The molecule has 6 aromatic rings. The van der Waals surface area contributed by atoms with E-state index >= 15 is 0 Å². The molecule has 0 heterocycles. The van der Waals surface area contributed by atoms with Crippen LogP contribution in [-0.2, 0) is 16.2 Å². The molecule has 0 unspecified atom stereocenters. The number of hydrogen-bond acceptors (Lipinski definition) is 1. The van der Waals surface area contributed by atoms with Gasteiger partial charge in [-0.25, -0.2) is 0 Å². The molecule has 8 aliphatic rings. The third kappa shape index (κ3) is 3.81. The third-order valence-electron chi connectivity index (χ3n) is 16.6. The van der Waals surface area contributed by atoms with E-state index in [0.29, 0.717) is 0 Å². The van der Waals surface area contributed by atoms with Gasteiger partial charge in [-0.15, -0.1) is 0 Å². The molecule has 5 saturated carbocycles. The number of hydrogen-bond donors (Lipinski definition) is 0. The molecular formula is C54H49N. The number of anilines is 3. The Labute approximate surface area is 326 Å². The molecule has 6 aromatic carbocycles. The Bertz CT molecular complexity index is 2590. The summed E-state index contributed by atoms with van der Waals surface area (Å²) in [6.45, 7) is 4.90. The summed E-state index contributed by atoms with van der Waals surface area (Å²) in [4.78, 5) is 2.68. The van der Waals surface area contributed by atoms with E-state index in [-0.39, 0.29) is 16.2 Å². The molecule has 2 spiro atoms. The highest BCUT2D eigenvalue weighted by Gasteiger charge is 2.61. The van der Waals surface area contributed by atoms with Crippen molar-refractivity contribution in [2.24, 2.45) is 23.7 Å². The van der Waals surface area contributed by atoms with Crippen molar-refractivity contribution in [2.45, 2.75) is 87.9 Å². The summed E-state index contributed by atoms with van der Waals surface area (Å²) in [6, 6.07) is 50.5. The molecular weight excluding hydrogens is 663 g/mol. The van der Waals surface area contributed by atoms with E-state index in [1.807, 2.05) is 0 Å². The van der Waals surface area contributed by atoms with E-state index in [9.17, 15) is 0 Å². The maximum absolute atomic E-state index is 2.70. The van der Waals surface area contributed by atoms with Gasteiger partial charge < -0.3 is 4.90 Å². The van der Waals surface area contributed by atoms with Gasteiger partial charge in [0, 0.05) is 27.6 Å². The Balaban J connectivity index is 1.07. The zero-order valence-electron chi connectivity index (χ0n) is 32.2. The van der Waals surface area contributed by atoms with Crippen LogP contribution < -0.4 is 4.90 Å². The summed E-state index contributed by atoms with van der Waals surface area (Å²) in [5.41, 5.74) is 21.9. The standard InChI is InChI=1S/C54H49N/c1-52(2)45-16-6-3-13-40(45)43-15-11-19-50(51(43)52)55(37-21-23-47-44(31-37)41-14-4-7-17-46(41)53(47)24-9-10-25-53)38-20-22-42-39-12-5-8-18-48(39)54(49(42)32-38)35-27-33-26-34(29-35)30-36(54)28-33/h3-8,11-23,31-36H,9-10,24-30H2,1-2H3. The Kier molecular flexibility index (Phi) is 6.09. The molecule has 1 heteroatoms. The maximum Gasteiger partial charge on any atom is 0.0508 e. The SMILES string of the molecule is CC1(C)c2ccccc2-c2cccc(N(c3ccc4c(c3)-c3ccccc3C43CCCC3)c3ccc4c(c3)C3(c5ccccc5-4)C4CC5CC(C4)CC3C5)c21. The van der Waals surface area contributed by atoms with Gasteiger partial charge in [0.15, 0.2) is 0 Å². The largest absolute Gasteiger partial charge is 0.310 e. The van der Waals surface area contributed by atoms with Crippen LogP contribution >= 0.6 is 0 Å². The zero-order valence-corrected chi connectivity index (χ0v) is 32.2. The molecule has 0 N–H and O–H groups in total. The normalized spacial score (nSPS) is 27.2. The number of benzene rings is 6. The van der Waals surface area contributed by atoms with Crippen LogP contribution in [0.5, 0.6) is 0 Å². The Morgan fingerprint density at radius 2 is 1.00 bits per heavy atom. The van der Waals surface area contributed by atoms with Crippen molar-refractivity contribution in [2.75, 3.05) is 4.90 Å². The molecule has 0 atom stereocenters. The molecule has 8 aliphatic carbocycles. The summed E-state index contributed by atoms with van der Waals surface area (Å²) >= 11 is 0. The van der Waals surface area contributed by atoms with Crippen molar-refractivity contribution in [1.82, 2.24) is 0 Å². The van der Waals surface area contributed by atoms with E-state index in [1.54, 1.807) is 22.3 Å².